The molecule has 2 nitrogen and oxygen atoms in total. The summed E-state index contributed by atoms with van der Waals surface area (Å²) >= 11 is 1.76. The lowest BCUT2D eigenvalue weighted by Gasteiger charge is -2.26. The Bertz CT molecular complexity index is 493. The number of thiophene rings is 1. The second-order valence-corrected chi connectivity index (χ2v) is 5.57. The van der Waals surface area contributed by atoms with E-state index in [9.17, 15) is 0 Å². The Balaban J connectivity index is 1.60. The minimum absolute atomic E-state index is 0.591. The number of hydrogen-bond donors (Lipinski definition) is 2. The molecule has 0 spiro atoms. The predicted octanol–water partition coefficient (Wildman–Crippen LogP) is 2.72. The lowest BCUT2D eigenvalue weighted by molar-refractivity contribution is 0.503. The average molecular weight is 258 g/mol. The van der Waals surface area contributed by atoms with Gasteiger partial charge in [0.15, 0.2) is 0 Å². The van der Waals surface area contributed by atoms with Gasteiger partial charge < -0.3 is 10.6 Å². The van der Waals surface area contributed by atoms with Crippen molar-refractivity contribution in [3.8, 4) is 0 Å². The van der Waals surface area contributed by atoms with Crippen LogP contribution in [0.15, 0.2) is 41.1 Å². The van der Waals surface area contributed by atoms with Crippen LogP contribution in [0.5, 0.6) is 0 Å². The van der Waals surface area contributed by atoms with Crippen LogP contribution in [-0.2, 0) is 13.1 Å². The molecule has 3 rings (SSSR count). The fourth-order valence-corrected chi connectivity index (χ4v) is 3.22. The van der Waals surface area contributed by atoms with Crippen LogP contribution in [0.4, 0.5) is 0 Å². The maximum atomic E-state index is 3.57. The van der Waals surface area contributed by atoms with E-state index in [0.29, 0.717) is 5.92 Å². The second-order valence-electron chi connectivity index (χ2n) is 4.79. The Morgan fingerprint density at radius 1 is 1.28 bits per heavy atom. The van der Waals surface area contributed by atoms with Crippen LogP contribution in [0.2, 0.25) is 0 Å². The second kappa shape index (κ2) is 5.65. The molecule has 1 aliphatic heterocycles. The highest BCUT2D eigenvalue weighted by Gasteiger charge is 2.18. The van der Waals surface area contributed by atoms with E-state index in [0.717, 1.165) is 26.2 Å². The maximum Gasteiger partial charge on any atom is 0.0214 e. The molecule has 0 fully saturated rings. The predicted molar refractivity (Wildman–Crippen MR) is 76.9 cm³/mol. The Morgan fingerprint density at radius 3 is 3.11 bits per heavy atom. The molecular weight excluding hydrogens is 240 g/mol. The van der Waals surface area contributed by atoms with Crippen molar-refractivity contribution in [2.75, 3.05) is 13.1 Å². The minimum Gasteiger partial charge on any atom is -0.312 e. The third-order valence-electron chi connectivity index (χ3n) is 3.50. The van der Waals surface area contributed by atoms with Gasteiger partial charge in [-0.2, -0.15) is 11.3 Å². The highest BCUT2D eigenvalue weighted by Crippen LogP contribution is 2.23. The summed E-state index contributed by atoms with van der Waals surface area (Å²) in [7, 11) is 0. The zero-order chi connectivity index (χ0) is 12.2. The molecule has 0 radical (unpaired) electrons. The quantitative estimate of drug-likeness (QED) is 0.881. The summed E-state index contributed by atoms with van der Waals surface area (Å²) in [5.41, 5.74) is 4.34. The van der Waals surface area contributed by atoms with Crippen LogP contribution in [0.25, 0.3) is 0 Å². The van der Waals surface area contributed by atoms with Crippen molar-refractivity contribution >= 4 is 11.3 Å². The Kier molecular flexibility index (Phi) is 3.74. The topological polar surface area (TPSA) is 24.1 Å². The molecule has 0 amide bonds. The molecule has 2 aromatic rings. The van der Waals surface area contributed by atoms with Gasteiger partial charge in [0.2, 0.25) is 0 Å². The lowest BCUT2D eigenvalue weighted by Crippen LogP contribution is -2.34. The molecule has 0 saturated carbocycles. The van der Waals surface area contributed by atoms with Crippen molar-refractivity contribution < 1.29 is 0 Å². The zero-order valence-corrected chi connectivity index (χ0v) is 11.2. The van der Waals surface area contributed by atoms with Gasteiger partial charge in [-0.25, -0.2) is 0 Å². The number of hydrogen-bond acceptors (Lipinski definition) is 3. The first-order valence-electron chi connectivity index (χ1n) is 6.44. The first-order chi connectivity index (χ1) is 8.93. The van der Waals surface area contributed by atoms with Gasteiger partial charge >= 0.3 is 0 Å². The fourth-order valence-electron chi connectivity index (χ4n) is 2.55. The molecule has 2 N–H and O–H groups in total. The molecule has 3 heteroatoms. The van der Waals surface area contributed by atoms with E-state index in [1.807, 2.05) is 0 Å². The van der Waals surface area contributed by atoms with Gasteiger partial charge in [-0.1, -0.05) is 24.3 Å². The lowest BCUT2D eigenvalue weighted by atomic mass is 9.91. The minimum atomic E-state index is 0.591. The van der Waals surface area contributed by atoms with Crippen LogP contribution in [-0.4, -0.2) is 13.1 Å². The summed E-state index contributed by atoms with van der Waals surface area (Å²) in [6, 6.07) is 11.0. The van der Waals surface area contributed by atoms with Crippen molar-refractivity contribution in [3.63, 3.8) is 0 Å². The summed E-state index contributed by atoms with van der Waals surface area (Å²) in [6.07, 6.45) is 0. The highest BCUT2D eigenvalue weighted by atomic mass is 32.1. The fraction of sp³-hybridized carbons (Fsp3) is 0.333. The molecule has 0 aliphatic carbocycles. The SMILES string of the molecule is c1ccc2c(c1)CNCC2CNCc1ccsc1. The van der Waals surface area contributed by atoms with Gasteiger partial charge in [0.25, 0.3) is 0 Å². The van der Waals surface area contributed by atoms with E-state index < -0.39 is 0 Å². The van der Waals surface area contributed by atoms with Gasteiger partial charge in [-0.3, -0.25) is 0 Å². The smallest absolute Gasteiger partial charge is 0.0214 e. The van der Waals surface area contributed by atoms with E-state index in [-0.39, 0.29) is 0 Å². The van der Waals surface area contributed by atoms with E-state index in [1.165, 1.54) is 16.7 Å². The number of benzene rings is 1. The molecule has 1 unspecified atom stereocenters. The van der Waals surface area contributed by atoms with Crippen LogP contribution in [0.1, 0.15) is 22.6 Å². The summed E-state index contributed by atoms with van der Waals surface area (Å²) in [6.45, 7) is 4.10. The van der Waals surface area contributed by atoms with Gasteiger partial charge in [-0.05, 0) is 33.5 Å². The van der Waals surface area contributed by atoms with E-state index in [4.69, 9.17) is 0 Å². The first kappa shape index (κ1) is 11.9. The average Bonchev–Trinajstić information content (AvgIpc) is 2.92. The molecule has 1 aliphatic rings. The normalized spacial score (nSPS) is 18.6. The van der Waals surface area contributed by atoms with Crippen molar-refractivity contribution in [1.82, 2.24) is 10.6 Å². The first-order valence-corrected chi connectivity index (χ1v) is 7.38. The molecule has 2 heterocycles. The van der Waals surface area contributed by atoms with Crippen molar-refractivity contribution in [3.05, 3.63) is 57.8 Å². The Morgan fingerprint density at radius 2 is 2.22 bits per heavy atom. The molecule has 18 heavy (non-hydrogen) atoms. The molecule has 1 aromatic heterocycles. The summed E-state index contributed by atoms with van der Waals surface area (Å²) in [5, 5.41) is 11.4. The Labute approximate surface area is 112 Å². The van der Waals surface area contributed by atoms with E-state index >= 15 is 0 Å². The van der Waals surface area contributed by atoms with Gasteiger partial charge in [0.1, 0.15) is 0 Å². The van der Waals surface area contributed by atoms with Gasteiger partial charge in [-0.15, -0.1) is 0 Å². The summed E-state index contributed by atoms with van der Waals surface area (Å²) in [5.74, 6) is 0.591. The van der Waals surface area contributed by atoms with E-state index in [2.05, 4.69) is 51.7 Å². The third-order valence-corrected chi connectivity index (χ3v) is 4.23. The van der Waals surface area contributed by atoms with Crippen LogP contribution < -0.4 is 10.6 Å². The van der Waals surface area contributed by atoms with Crippen molar-refractivity contribution in [1.29, 1.82) is 0 Å². The maximum absolute atomic E-state index is 3.57. The van der Waals surface area contributed by atoms with Crippen LogP contribution in [0.3, 0.4) is 0 Å². The largest absolute Gasteiger partial charge is 0.312 e. The zero-order valence-electron chi connectivity index (χ0n) is 10.4. The molecule has 0 bridgehead atoms. The van der Waals surface area contributed by atoms with Gasteiger partial charge in [0, 0.05) is 32.1 Å². The summed E-state index contributed by atoms with van der Waals surface area (Å²) in [4.78, 5) is 0. The number of fused-ring (bicyclic) bond motifs is 1. The van der Waals surface area contributed by atoms with E-state index in [1.54, 1.807) is 11.3 Å². The van der Waals surface area contributed by atoms with Crippen molar-refractivity contribution in [2.45, 2.75) is 19.0 Å². The van der Waals surface area contributed by atoms with Gasteiger partial charge in [0.05, 0.1) is 0 Å². The molecule has 94 valence electrons. The van der Waals surface area contributed by atoms with Crippen LogP contribution >= 0.6 is 11.3 Å². The van der Waals surface area contributed by atoms with Crippen molar-refractivity contribution in [2.24, 2.45) is 0 Å². The molecule has 1 atom stereocenters. The molecular formula is C15H18N2S. The monoisotopic (exact) mass is 258 g/mol. The standard InChI is InChI=1S/C15H18N2S/c1-2-4-15-13(3-1)8-17-10-14(15)9-16-7-12-5-6-18-11-12/h1-6,11,14,16-17H,7-10H2. The third kappa shape index (κ3) is 2.64. The van der Waals surface area contributed by atoms with Crippen LogP contribution in [0, 0.1) is 0 Å². The Hall–Kier alpha value is -1.16. The number of nitrogens with one attached hydrogen (secondary N) is 2. The summed E-state index contributed by atoms with van der Waals surface area (Å²) < 4.78 is 0. The molecule has 1 aromatic carbocycles. The number of rotatable bonds is 4. The highest BCUT2D eigenvalue weighted by molar-refractivity contribution is 7.07. The molecule has 0 saturated heterocycles.